The number of thiazole rings is 1. The first-order valence-electron chi connectivity index (χ1n) is 7.95. The van der Waals surface area contributed by atoms with E-state index in [4.69, 9.17) is 0 Å². The summed E-state index contributed by atoms with van der Waals surface area (Å²) in [6.07, 6.45) is -1.08. The molecule has 2 aliphatic rings. The fraction of sp³-hybridized carbons (Fsp3) is 0.438. The Morgan fingerprint density at radius 3 is 2.80 bits per heavy atom. The summed E-state index contributed by atoms with van der Waals surface area (Å²) in [5.74, 6) is -1.04. The maximum atomic E-state index is 13.8. The number of anilines is 1. The SMILES string of the molecule is O[C@@]1(C(F)(F)F)[C@@H]2CCCCC2=NN1c1nc(-c2ccccn2)cs1. The third-order valence-corrected chi connectivity index (χ3v) is 5.45. The second-order valence-corrected chi connectivity index (χ2v) is 6.99. The van der Waals surface area contributed by atoms with Crippen molar-refractivity contribution >= 4 is 22.2 Å². The van der Waals surface area contributed by atoms with Crippen molar-refractivity contribution in [2.75, 3.05) is 5.01 Å². The summed E-state index contributed by atoms with van der Waals surface area (Å²) in [5, 5.41) is 17.1. The molecule has 2 atom stereocenters. The number of nitrogens with zero attached hydrogens (tertiary/aromatic N) is 4. The number of halogens is 3. The van der Waals surface area contributed by atoms with Gasteiger partial charge in [0.15, 0.2) is 0 Å². The molecule has 1 fully saturated rings. The van der Waals surface area contributed by atoms with Gasteiger partial charge in [-0.25, -0.2) is 4.98 Å². The van der Waals surface area contributed by atoms with E-state index in [0.717, 1.165) is 17.8 Å². The molecule has 0 aromatic carbocycles. The molecule has 0 saturated heterocycles. The average Bonchev–Trinajstić information content (AvgIpc) is 3.19. The summed E-state index contributed by atoms with van der Waals surface area (Å²) in [4.78, 5) is 8.40. The van der Waals surface area contributed by atoms with E-state index >= 15 is 0 Å². The number of hydrogen-bond acceptors (Lipinski definition) is 6. The van der Waals surface area contributed by atoms with Crippen LogP contribution in [0.25, 0.3) is 11.4 Å². The molecule has 1 aliphatic heterocycles. The number of aliphatic hydroxyl groups is 1. The van der Waals surface area contributed by atoms with Gasteiger partial charge in [0, 0.05) is 17.3 Å². The van der Waals surface area contributed by atoms with E-state index in [-0.39, 0.29) is 11.6 Å². The van der Waals surface area contributed by atoms with Crippen molar-refractivity contribution in [3.05, 3.63) is 29.8 Å². The first-order chi connectivity index (χ1) is 11.9. The molecule has 0 amide bonds. The molecule has 9 heteroatoms. The summed E-state index contributed by atoms with van der Waals surface area (Å²) in [6.45, 7) is 0. The lowest BCUT2D eigenvalue weighted by molar-refractivity contribution is -0.269. The lowest BCUT2D eigenvalue weighted by atomic mass is 9.80. The molecule has 132 valence electrons. The molecule has 0 unspecified atom stereocenters. The summed E-state index contributed by atoms with van der Waals surface area (Å²) < 4.78 is 41.3. The van der Waals surface area contributed by atoms with Gasteiger partial charge in [0.05, 0.1) is 11.6 Å². The predicted octanol–water partition coefficient (Wildman–Crippen LogP) is 3.82. The van der Waals surface area contributed by atoms with Crippen molar-refractivity contribution in [1.29, 1.82) is 0 Å². The van der Waals surface area contributed by atoms with E-state index in [2.05, 4.69) is 15.1 Å². The first kappa shape index (κ1) is 16.5. The monoisotopic (exact) mass is 368 g/mol. The third kappa shape index (κ3) is 2.53. The number of rotatable bonds is 2. The summed E-state index contributed by atoms with van der Waals surface area (Å²) in [7, 11) is 0. The van der Waals surface area contributed by atoms with E-state index in [1.165, 1.54) is 0 Å². The van der Waals surface area contributed by atoms with Crippen molar-refractivity contribution in [2.24, 2.45) is 11.0 Å². The Morgan fingerprint density at radius 1 is 1.24 bits per heavy atom. The van der Waals surface area contributed by atoms with E-state index < -0.39 is 17.8 Å². The minimum Gasteiger partial charge on any atom is -0.362 e. The highest BCUT2D eigenvalue weighted by Crippen LogP contribution is 2.50. The van der Waals surface area contributed by atoms with Gasteiger partial charge in [-0.05, 0) is 31.4 Å². The average molecular weight is 368 g/mol. The molecule has 25 heavy (non-hydrogen) atoms. The molecule has 1 saturated carbocycles. The molecular weight excluding hydrogens is 353 g/mol. The Bertz CT molecular complexity index is 807. The molecule has 1 N–H and O–H groups in total. The van der Waals surface area contributed by atoms with E-state index in [9.17, 15) is 18.3 Å². The molecular formula is C16H15F3N4OS. The van der Waals surface area contributed by atoms with Crippen LogP contribution in [-0.4, -0.2) is 32.7 Å². The fourth-order valence-corrected chi connectivity index (χ4v) is 4.22. The Labute approximate surface area is 145 Å². The molecule has 0 radical (unpaired) electrons. The number of fused-ring (bicyclic) bond motifs is 1. The van der Waals surface area contributed by atoms with Crippen molar-refractivity contribution < 1.29 is 18.3 Å². The van der Waals surface area contributed by atoms with Crippen molar-refractivity contribution in [1.82, 2.24) is 9.97 Å². The minimum absolute atomic E-state index is 0.0161. The zero-order chi connectivity index (χ0) is 17.7. The topological polar surface area (TPSA) is 61.6 Å². The van der Waals surface area contributed by atoms with Gasteiger partial charge in [-0.1, -0.05) is 12.5 Å². The fourth-order valence-electron chi connectivity index (χ4n) is 3.40. The summed E-state index contributed by atoms with van der Waals surface area (Å²) in [5.41, 5.74) is -1.62. The Balaban J connectivity index is 1.75. The van der Waals surface area contributed by atoms with E-state index in [0.29, 0.717) is 35.0 Å². The van der Waals surface area contributed by atoms with Crippen LogP contribution in [0.15, 0.2) is 34.9 Å². The maximum absolute atomic E-state index is 13.8. The molecule has 5 nitrogen and oxygen atoms in total. The maximum Gasteiger partial charge on any atom is 0.439 e. The van der Waals surface area contributed by atoms with Gasteiger partial charge in [0.1, 0.15) is 5.69 Å². The smallest absolute Gasteiger partial charge is 0.362 e. The third-order valence-electron chi connectivity index (χ3n) is 4.63. The number of pyridine rings is 1. The van der Waals surface area contributed by atoms with Crippen LogP contribution < -0.4 is 5.01 Å². The molecule has 0 bridgehead atoms. The van der Waals surface area contributed by atoms with Gasteiger partial charge < -0.3 is 5.11 Å². The van der Waals surface area contributed by atoms with Crippen LogP contribution >= 0.6 is 11.3 Å². The van der Waals surface area contributed by atoms with E-state index in [1.54, 1.807) is 29.8 Å². The van der Waals surface area contributed by atoms with Crippen LogP contribution in [0.4, 0.5) is 18.3 Å². The highest BCUT2D eigenvalue weighted by Gasteiger charge is 2.67. The zero-order valence-corrected chi connectivity index (χ0v) is 13.9. The summed E-state index contributed by atoms with van der Waals surface area (Å²) in [6, 6.07) is 5.25. The van der Waals surface area contributed by atoms with Crippen molar-refractivity contribution in [3.8, 4) is 11.4 Å². The Kier molecular flexibility index (Phi) is 3.80. The Hall–Kier alpha value is -2.00. The normalized spacial score (nSPS) is 26.5. The molecule has 0 spiro atoms. The Morgan fingerprint density at radius 2 is 2.08 bits per heavy atom. The van der Waals surface area contributed by atoms with Crippen LogP contribution in [0.1, 0.15) is 25.7 Å². The predicted molar refractivity (Wildman–Crippen MR) is 88.2 cm³/mol. The van der Waals surface area contributed by atoms with Crippen LogP contribution in [0.3, 0.4) is 0 Å². The van der Waals surface area contributed by atoms with Gasteiger partial charge in [-0.2, -0.15) is 23.3 Å². The quantitative estimate of drug-likeness (QED) is 0.875. The van der Waals surface area contributed by atoms with Crippen LogP contribution in [0.5, 0.6) is 0 Å². The van der Waals surface area contributed by atoms with Gasteiger partial charge >= 0.3 is 6.18 Å². The standard InChI is InChI=1S/C16H15F3N4OS/c17-16(18,19)15(24)10-5-1-2-6-11(10)22-23(15)14-21-13(9-25-14)12-7-3-4-8-20-12/h3-4,7-10,24H,1-2,5-6H2/t10-,15-/m1/s1. The van der Waals surface area contributed by atoms with Gasteiger partial charge in [-0.3, -0.25) is 4.98 Å². The number of hydrogen-bond donors (Lipinski definition) is 1. The minimum atomic E-state index is -4.84. The highest BCUT2D eigenvalue weighted by atomic mass is 32.1. The highest BCUT2D eigenvalue weighted by molar-refractivity contribution is 7.14. The lowest BCUT2D eigenvalue weighted by Gasteiger charge is -2.38. The summed E-state index contributed by atoms with van der Waals surface area (Å²) >= 11 is 1.01. The van der Waals surface area contributed by atoms with Crippen LogP contribution in [0.2, 0.25) is 0 Å². The molecule has 2 aromatic rings. The van der Waals surface area contributed by atoms with Gasteiger partial charge in [-0.15, -0.1) is 11.3 Å². The van der Waals surface area contributed by atoms with Crippen molar-refractivity contribution in [3.63, 3.8) is 0 Å². The zero-order valence-electron chi connectivity index (χ0n) is 13.1. The molecule has 2 aromatic heterocycles. The number of hydrazone groups is 1. The largest absolute Gasteiger partial charge is 0.439 e. The second kappa shape index (κ2) is 5.77. The van der Waals surface area contributed by atoms with Crippen molar-refractivity contribution in [2.45, 2.75) is 37.6 Å². The van der Waals surface area contributed by atoms with Crippen LogP contribution in [0, 0.1) is 5.92 Å². The first-order valence-corrected chi connectivity index (χ1v) is 8.83. The molecule has 4 rings (SSSR count). The molecule has 1 aliphatic carbocycles. The van der Waals surface area contributed by atoms with Gasteiger partial charge in [0.2, 0.25) is 5.13 Å². The van der Waals surface area contributed by atoms with Crippen LogP contribution in [-0.2, 0) is 0 Å². The number of alkyl halides is 3. The van der Waals surface area contributed by atoms with Gasteiger partial charge in [0.25, 0.3) is 5.72 Å². The number of aromatic nitrogens is 2. The second-order valence-electron chi connectivity index (χ2n) is 6.16. The molecule has 3 heterocycles. The van der Waals surface area contributed by atoms with E-state index in [1.807, 2.05) is 0 Å². The lowest BCUT2D eigenvalue weighted by Crippen LogP contribution is -2.60.